The lowest BCUT2D eigenvalue weighted by molar-refractivity contribution is -0.0925. The van der Waals surface area contributed by atoms with Crippen molar-refractivity contribution in [3.63, 3.8) is 0 Å². The van der Waals surface area contributed by atoms with Gasteiger partial charge >= 0.3 is 0 Å². The Hall–Kier alpha value is -0.120. The van der Waals surface area contributed by atoms with Crippen LogP contribution in [0.25, 0.3) is 0 Å². The zero-order chi connectivity index (χ0) is 7.61. The molecule has 10 heavy (non-hydrogen) atoms. The van der Waals surface area contributed by atoms with Crippen molar-refractivity contribution in [3.05, 3.63) is 0 Å². The quantitative estimate of drug-likeness (QED) is 0.471. The van der Waals surface area contributed by atoms with Crippen LogP contribution in [0.1, 0.15) is 25.7 Å². The minimum Gasteiger partial charge on any atom is -0.390 e. The highest BCUT2D eigenvalue weighted by molar-refractivity contribution is 4.90. The Balaban J connectivity index is 2.54. The summed E-state index contributed by atoms with van der Waals surface area (Å²) >= 11 is 0. The smallest absolute Gasteiger partial charge is 0.103 e. The number of hydrogen-bond donors (Lipinski definition) is 3. The minimum atomic E-state index is -0.988. The topological polar surface area (TPSA) is 66.5 Å². The first-order valence-corrected chi connectivity index (χ1v) is 3.79. The Bertz CT molecular complexity index is 118. The molecule has 0 saturated heterocycles. The third-order valence-electron chi connectivity index (χ3n) is 2.31. The zero-order valence-electron chi connectivity index (χ0n) is 6.08. The Kier molecular flexibility index (Phi) is 2.28. The fraction of sp³-hybridized carbons (Fsp3) is 1.00. The predicted molar refractivity (Wildman–Crippen MR) is 38.5 cm³/mol. The average molecular weight is 145 g/mol. The molecule has 0 amide bonds. The molecule has 0 aromatic carbocycles. The monoisotopic (exact) mass is 145 g/mol. The van der Waals surface area contributed by atoms with Crippen LogP contribution in [0.4, 0.5) is 0 Å². The van der Waals surface area contributed by atoms with E-state index in [0.29, 0.717) is 12.8 Å². The fourth-order valence-corrected chi connectivity index (χ4v) is 1.44. The van der Waals surface area contributed by atoms with Gasteiger partial charge in [0.05, 0.1) is 6.10 Å². The number of aliphatic hydroxyl groups excluding tert-OH is 1. The van der Waals surface area contributed by atoms with Crippen LogP contribution in [0, 0.1) is 0 Å². The SMILES string of the molecule is NC[C@]1(O)CCCC[C@H]1O. The summed E-state index contributed by atoms with van der Waals surface area (Å²) in [6.45, 7) is 0.175. The van der Waals surface area contributed by atoms with Gasteiger partial charge in [-0.05, 0) is 12.8 Å². The summed E-state index contributed by atoms with van der Waals surface area (Å²) < 4.78 is 0. The lowest BCUT2D eigenvalue weighted by Gasteiger charge is -2.35. The first kappa shape index (κ1) is 7.98. The summed E-state index contributed by atoms with van der Waals surface area (Å²) in [5.74, 6) is 0. The summed E-state index contributed by atoms with van der Waals surface area (Å²) in [7, 11) is 0. The standard InChI is InChI=1S/C7H15NO2/c8-5-7(10)4-2-1-3-6(7)9/h6,9-10H,1-5,8H2/t6-,7-/m1/s1. The summed E-state index contributed by atoms with van der Waals surface area (Å²) in [6, 6.07) is 0. The summed E-state index contributed by atoms with van der Waals surface area (Å²) in [5, 5.41) is 18.9. The molecule has 0 radical (unpaired) electrons. The molecule has 0 unspecified atom stereocenters. The van der Waals surface area contributed by atoms with E-state index in [9.17, 15) is 10.2 Å². The van der Waals surface area contributed by atoms with Gasteiger partial charge < -0.3 is 15.9 Å². The van der Waals surface area contributed by atoms with Gasteiger partial charge in [0.25, 0.3) is 0 Å². The van der Waals surface area contributed by atoms with Gasteiger partial charge in [0.2, 0.25) is 0 Å². The molecule has 2 atom stereocenters. The third kappa shape index (κ3) is 1.31. The molecule has 0 bridgehead atoms. The second kappa shape index (κ2) is 2.86. The van der Waals surface area contributed by atoms with Gasteiger partial charge in [0, 0.05) is 6.54 Å². The van der Waals surface area contributed by atoms with Crippen molar-refractivity contribution in [1.82, 2.24) is 0 Å². The van der Waals surface area contributed by atoms with Crippen LogP contribution in [0.3, 0.4) is 0 Å². The van der Waals surface area contributed by atoms with E-state index < -0.39 is 11.7 Å². The molecule has 3 nitrogen and oxygen atoms in total. The van der Waals surface area contributed by atoms with E-state index in [4.69, 9.17) is 5.73 Å². The van der Waals surface area contributed by atoms with Crippen molar-refractivity contribution < 1.29 is 10.2 Å². The Morgan fingerprint density at radius 2 is 2.20 bits per heavy atom. The highest BCUT2D eigenvalue weighted by Gasteiger charge is 2.36. The van der Waals surface area contributed by atoms with E-state index in [2.05, 4.69) is 0 Å². The molecule has 0 aromatic heterocycles. The molecule has 1 rings (SSSR count). The molecule has 1 saturated carbocycles. The average Bonchev–Trinajstić information content (AvgIpc) is 1.96. The van der Waals surface area contributed by atoms with Gasteiger partial charge in [-0.1, -0.05) is 12.8 Å². The second-order valence-corrected chi connectivity index (χ2v) is 3.07. The van der Waals surface area contributed by atoms with Crippen LogP contribution in [0.2, 0.25) is 0 Å². The maximum absolute atomic E-state index is 9.57. The van der Waals surface area contributed by atoms with Gasteiger partial charge in [0.15, 0.2) is 0 Å². The van der Waals surface area contributed by atoms with Crippen LogP contribution >= 0.6 is 0 Å². The van der Waals surface area contributed by atoms with E-state index >= 15 is 0 Å². The van der Waals surface area contributed by atoms with Crippen LogP contribution in [-0.4, -0.2) is 28.5 Å². The van der Waals surface area contributed by atoms with E-state index in [1.165, 1.54) is 0 Å². The fourth-order valence-electron chi connectivity index (χ4n) is 1.44. The highest BCUT2D eigenvalue weighted by atomic mass is 16.3. The predicted octanol–water partition coefficient (Wildman–Crippen LogP) is -0.389. The summed E-state index contributed by atoms with van der Waals surface area (Å²) in [4.78, 5) is 0. The van der Waals surface area contributed by atoms with Gasteiger partial charge in [-0.2, -0.15) is 0 Å². The van der Waals surface area contributed by atoms with Crippen LogP contribution < -0.4 is 5.73 Å². The maximum Gasteiger partial charge on any atom is 0.103 e. The van der Waals surface area contributed by atoms with Crippen LogP contribution in [-0.2, 0) is 0 Å². The Morgan fingerprint density at radius 1 is 1.50 bits per heavy atom. The summed E-state index contributed by atoms with van der Waals surface area (Å²) in [5.41, 5.74) is 4.33. The van der Waals surface area contributed by atoms with Crippen molar-refractivity contribution >= 4 is 0 Å². The lowest BCUT2D eigenvalue weighted by Crippen LogP contribution is -2.50. The molecule has 1 aliphatic rings. The Labute approximate surface area is 60.9 Å². The molecule has 1 fully saturated rings. The van der Waals surface area contributed by atoms with Crippen molar-refractivity contribution in [2.45, 2.75) is 37.4 Å². The van der Waals surface area contributed by atoms with E-state index in [-0.39, 0.29) is 6.54 Å². The number of aliphatic hydroxyl groups is 2. The zero-order valence-corrected chi connectivity index (χ0v) is 6.08. The maximum atomic E-state index is 9.57. The molecule has 60 valence electrons. The molecule has 0 aliphatic heterocycles. The molecule has 3 heteroatoms. The van der Waals surface area contributed by atoms with E-state index in [1.807, 2.05) is 0 Å². The highest BCUT2D eigenvalue weighted by Crippen LogP contribution is 2.27. The van der Waals surface area contributed by atoms with Crippen molar-refractivity contribution in [3.8, 4) is 0 Å². The van der Waals surface area contributed by atoms with Crippen LogP contribution in [0.5, 0.6) is 0 Å². The summed E-state index contributed by atoms with van der Waals surface area (Å²) in [6.07, 6.45) is 2.71. The molecule has 0 aromatic rings. The van der Waals surface area contributed by atoms with Crippen molar-refractivity contribution in [2.75, 3.05) is 6.54 Å². The molecule has 1 aliphatic carbocycles. The van der Waals surface area contributed by atoms with Crippen molar-refractivity contribution in [2.24, 2.45) is 5.73 Å². The lowest BCUT2D eigenvalue weighted by atomic mass is 9.82. The Morgan fingerprint density at radius 3 is 2.60 bits per heavy atom. The first-order chi connectivity index (χ1) is 4.69. The van der Waals surface area contributed by atoms with Crippen LogP contribution in [0.15, 0.2) is 0 Å². The normalized spacial score (nSPS) is 41.7. The number of nitrogens with two attached hydrogens (primary N) is 1. The van der Waals surface area contributed by atoms with E-state index in [1.54, 1.807) is 0 Å². The van der Waals surface area contributed by atoms with Crippen molar-refractivity contribution in [1.29, 1.82) is 0 Å². The molecule has 0 heterocycles. The third-order valence-corrected chi connectivity index (χ3v) is 2.31. The minimum absolute atomic E-state index is 0.175. The van der Waals surface area contributed by atoms with Gasteiger partial charge in [-0.15, -0.1) is 0 Å². The number of hydrogen-bond acceptors (Lipinski definition) is 3. The van der Waals surface area contributed by atoms with Gasteiger partial charge in [-0.3, -0.25) is 0 Å². The van der Waals surface area contributed by atoms with E-state index in [0.717, 1.165) is 12.8 Å². The first-order valence-electron chi connectivity index (χ1n) is 3.79. The molecule has 4 N–H and O–H groups in total. The second-order valence-electron chi connectivity index (χ2n) is 3.07. The molecule has 0 spiro atoms. The van der Waals surface area contributed by atoms with Gasteiger partial charge in [-0.25, -0.2) is 0 Å². The van der Waals surface area contributed by atoms with Gasteiger partial charge in [0.1, 0.15) is 5.60 Å². The molecular formula is C7H15NO2. The largest absolute Gasteiger partial charge is 0.390 e. The number of rotatable bonds is 1. The molecular weight excluding hydrogens is 130 g/mol.